The number of amides is 1. The fourth-order valence-corrected chi connectivity index (χ4v) is 1.16. The van der Waals surface area contributed by atoms with Gasteiger partial charge in [-0.3, -0.25) is 0 Å². The maximum atomic E-state index is 11.0. The monoisotopic (exact) mass is 201 g/mol. The zero-order valence-corrected chi connectivity index (χ0v) is 7.99. The van der Waals surface area contributed by atoms with E-state index in [2.05, 4.69) is 16.6 Å². The van der Waals surface area contributed by atoms with Crippen molar-refractivity contribution < 1.29 is 19.4 Å². The molecule has 0 aromatic rings. The summed E-state index contributed by atoms with van der Waals surface area (Å²) < 4.78 is 9.69. The molecule has 5 nitrogen and oxygen atoms in total. The summed E-state index contributed by atoms with van der Waals surface area (Å²) in [6.07, 6.45) is 1.46. The third-order valence-corrected chi connectivity index (χ3v) is 1.98. The highest BCUT2D eigenvalue weighted by molar-refractivity contribution is 5.67. The number of hydrogen-bond donors (Lipinski definition) is 2. The van der Waals surface area contributed by atoms with Gasteiger partial charge in [0.15, 0.2) is 0 Å². The molecule has 2 N–H and O–H groups in total. The molecule has 0 radical (unpaired) electrons. The second-order valence-electron chi connectivity index (χ2n) is 3.27. The SMILES string of the molecule is C=CCOC(=O)NCC1(O)CCOC1. The Bertz CT molecular complexity index is 211. The highest BCUT2D eigenvalue weighted by atomic mass is 16.5. The first-order valence-corrected chi connectivity index (χ1v) is 4.48. The molecule has 1 fully saturated rings. The second-order valence-corrected chi connectivity index (χ2v) is 3.27. The largest absolute Gasteiger partial charge is 0.445 e. The minimum Gasteiger partial charge on any atom is -0.445 e. The molecule has 0 aliphatic carbocycles. The Morgan fingerprint density at radius 3 is 3.14 bits per heavy atom. The van der Waals surface area contributed by atoms with Crippen molar-refractivity contribution >= 4 is 6.09 Å². The average Bonchev–Trinajstić information content (AvgIpc) is 2.60. The third-order valence-electron chi connectivity index (χ3n) is 1.98. The molecule has 1 amide bonds. The van der Waals surface area contributed by atoms with Gasteiger partial charge in [-0.2, -0.15) is 0 Å². The van der Waals surface area contributed by atoms with Gasteiger partial charge in [0, 0.05) is 13.0 Å². The van der Waals surface area contributed by atoms with E-state index in [0.717, 1.165) is 0 Å². The topological polar surface area (TPSA) is 67.8 Å². The molecule has 0 bridgehead atoms. The first-order chi connectivity index (χ1) is 6.66. The van der Waals surface area contributed by atoms with E-state index in [4.69, 9.17) is 4.74 Å². The van der Waals surface area contributed by atoms with Crippen molar-refractivity contribution in [3.8, 4) is 0 Å². The van der Waals surface area contributed by atoms with Gasteiger partial charge in [-0.25, -0.2) is 4.79 Å². The van der Waals surface area contributed by atoms with Crippen LogP contribution >= 0.6 is 0 Å². The van der Waals surface area contributed by atoms with Crippen LogP contribution < -0.4 is 5.32 Å². The molecule has 1 atom stereocenters. The zero-order valence-electron chi connectivity index (χ0n) is 7.99. The van der Waals surface area contributed by atoms with Crippen molar-refractivity contribution in [3.63, 3.8) is 0 Å². The van der Waals surface area contributed by atoms with Crippen molar-refractivity contribution in [2.24, 2.45) is 0 Å². The highest BCUT2D eigenvalue weighted by Crippen LogP contribution is 2.16. The lowest BCUT2D eigenvalue weighted by atomic mass is 10.0. The lowest BCUT2D eigenvalue weighted by Gasteiger charge is -2.20. The van der Waals surface area contributed by atoms with E-state index in [1.807, 2.05) is 0 Å². The molecular formula is C9H15NO4. The van der Waals surface area contributed by atoms with Gasteiger partial charge in [-0.15, -0.1) is 0 Å². The molecule has 1 aliphatic heterocycles. The van der Waals surface area contributed by atoms with Gasteiger partial charge in [0.2, 0.25) is 0 Å². The summed E-state index contributed by atoms with van der Waals surface area (Å²) in [4.78, 5) is 11.0. The van der Waals surface area contributed by atoms with Gasteiger partial charge in [-0.05, 0) is 0 Å². The number of rotatable bonds is 4. The first-order valence-electron chi connectivity index (χ1n) is 4.48. The predicted molar refractivity (Wildman–Crippen MR) is 49.9 cm³/mol. The fourth-order valence-electron chi connectivity index (χ4n) is 1.16. The average molecular weight is 201 g/mol. The molecule has 80 valence electrons. The van der Waals surface area contributed by atoms with Crippen LogP contribution in [0.2, 0.25) is 0 Å². The van der Waals surface area contributed by atoms with E-state index < -0.39 is 11.7 Å². The molecule has 1 unspecified atom stereocenters. The van der Waals surface area contributed by atoms with E-state index in [-0.39, 0.29) is 19.8 Å². The van der Waals surface area contributed by atoms with E-state index in [9.17, 15) is 9.90 Å². The van der Waals surface area contributed by atoms with Crippen LogP contribution in [0.1, 0.15) is 6.42 Å². The number of carbonyl (C=O) groups excluding carboxylic acids is 1. The van der Waals surface area contributed by atoms with Gasteiger partial charge in [0.05, 0.1) is 13.2 Å². The van der Waals surface area contributed by atoms with Crippen LogP contribution in [0.25, 0.3) is 0 Å². The maximum Gasteiger partial charge on any atom is 0.407 e. The summed E-state index contributed by atoms with van der Waals surface area (Å²) in [6.45, 7) is 4.52. The van der Waals surface area contributed by atoms with Crippen LogP contribution in [-0.2, 0) is 9.47 Å². The van der Waals surface area contributed by atoms with Gasteiger partial charge in [0.25, 0.3) is 0 Å². The molecule has 1 rings (SSSR count). The van der Waals surface area contributed by atoms with Crippen molar-refractivity contribution in [3.05, 3.63) is 12.7 Å². The van der Waals surface area contributed by atoms with E-state index >= 15 is 0 Å². The second kappa shape index (κ2) is 4.97. The Morgan fingerprint density at radius 1 is 1.79 bits per heavy atom. The van der Waals surface area contributed by atoms with Crippen LogP contribution in [0, 0.1) is 0 Å². The molecule has 0 spiro atoms. The molecule has 1 saturated heterocycles. The van der Waals surface area contributed by atoms with Crippen molar-refractivity contribution in [2.45, 2.75) is 12.0 Å². The van der Waals surface area contributed by atoms with E-state index in [1.165, 1.54) is 6.08 Å². The minimum atomic E-state index is -0.937. The van der Waals surface area contributed by atoms with Gasteiger partial charge in [-0.1, -0.05) is 12.7 Å². The standard InChI is InChI=1S/C9H15NO4/c1-2-4-14-8(11)10-6-9(12)3-5-13-7-9/h2,12H,1,3-7H2,(H,10,11). The molecular weight excluding hydrogens is 186 g/mol. The number of alkyl carbamates (subject to hydrolysis) is 1. The molecule has 0 aromatic heterocycles. The number of hydrogen-bond acceptors (Lipinski definition) is 4. The number of aliphatic hydroxyl groups is 1. The summed E-state index contributed by atoms with van der Waals surface area (Å²) >= 11 is 0. The van der Waals surface area contributed by atoms with Crippen LogP contribution in [0.3, 0.4) is 0 Å². The summed E-state index contributed by atoms with van der Waals surface area (Å²) in [5, 5.41) is 12.2. The molecule has 14 heavy (non-hydrogen) atoms. The Hall–Kier alpha value is -1.07. The molecule has 0 aromatic carbocycles. The van der Waals surface area contributed by atoms with Gasteiger partial charge >= 0.3 is 6.09 Å². The van der Waals surface area contributed by atoms with Crippen LogP contribution in [0.4, 0.5) is 4.79 Å². The predicted octanol–water partition coefficient (Wildman–Crippen LogP) is 0.0500. The van der Waals surface area contributed by atoms with Crippen LogP contribution in [-0.4, -0.2) is 43.2 Å². The Labute approximate surface area is 82.7 Å². The Balaban J connectivity index is 2.18. The van der Waals surface area contributed by atoms with E-state index in [0.29, 0.717) is 13.0 Å². The number of nitrogens with one attached hydrogen (secondary N) is 1. The third kappa shape index (κ3) is 3.35. The van der Waals surface area contributed by atoms with Crippen LogP contribution in [0.15, 0.2) is 12.7 Å². The first kappa shape index (κ1) is 11.0. The molecule has 1 aliphatic rings. The number of ether oxygens (including phenoxy) is 2. The van der Waals surface area contributed by atoms with E-state index in [1.54, 1.807) is 0 Å². The molecule has 1 heterocycles. The Morgan fingerprint density at radius 2 is 2.57 bits per heavy atom. The quantitative estimate of drug-likeness (QED) is 0.631. The van der Waals surface area contributed by atoms with Gasteiger partial charge in [0.1, 0.15) is 12.2 Å². The highest BCUT2D eigenvalue weighted by Gasteiger charge is 2.32. The fraction of sp³-hybridized carbons (Fsp3) is 0.667. The number of carbonyl (C=O) groups is 1. The molecule has 0 saturated carbocycles. The summed E-state index contributed by atoms with van der Waals surface area (Å²) in [5.41, 5.74) is -0.937. The lowest BCUT2D eigenvalue weighted by molar-refractivity contribution is 0.0263. The molecule has 5 heteroatoms. The van der Waals surface area contributed by atoms with Crippen molar-refractivity contribution in [1.82, 2.24) is 5.32 Å². The van der Waals surface area contributed by atoms with Crippen LogP contribution in [0.5, 0.6) is 0 Å². The summed E-state index contributed by atoms with van der Waals surface area (Å²) in [7, 11) is 0. The Kier molecular flexibility index (Phi) is 3.91. The smallest absolute Gasteiger partial charge is 0.407 e. The van der Waals surface area contributed by atoms with Crippen molar-refractivity contribution in [1.29, 1.82) is 0 Å². The lowest BCUT2D eigenvalue weighted by Crippen LogP contribution is -2.43. The maximum absolute atomic E-state index is 11.0. The summed E-state index contributed by atoms with van der Waals surface area (Å²) in [5.74, 6) is 0. The normalized spacial score (nSPS) is 25.8. The summed E-state index contributed by atoms with van der Waals surface area (Å²) in [6, 6.07) is 0. The van der Waals surface area contributed by atoms with Gasteiger partial charge < -0.3 is 19.9 Å². The van der Waals surface area contributed by atoms with Crippen molar-refractivity contribution in [2.75, 3.05) is 26.4 Å². The minimum absolute atomic E-state index is 0.156. The zero-order chi connectivity index (χ0) is 10.4.